The third kappa shape index (κ3) is 4.04. The van der Waals surface area contributed by atoms with Crippen LogP contribution in [0.3, 0.4) is 0 Å². The number of rotatable bonds is 5. The normalized spacial score (nSPS) is 15.3. The standard InChI is InChI=1S/C17H23N5O2/c1-2-10-24-16-5-3-4-14(11-16)20-17(23)21-8-6-15(7-9-21)22-13-18-12-19-22/h3-5,11-13,15H,2,6-10H2,1H3,(H,20,23). The van der Waals surface area contributed by atoms with Crippen LogP contribution in [0.2, 0.25) is 0 Å². The fraction of sp³-hybridized carbons (Fsp3) is 0.471. The van der Waals surface area contributed by atoms with Gasteiger partial charge < -0.3 is 15.0 Å². The fourth-order valence-corrected chi connectivity index (χ4v) is 2.83. The number of hydrogen-bond donors (Lipinski definition) is 1. The molecular weight excluding hydrogens is 306 g/mol. The molecule has 7 heteroatoms. The van der Waals surface area contributed by atoms with Crippen LogP contribution in [0.15, 0.2) is 36.9 Å². The molecule has 1 fully saturated rings. The van der Waals surface area contributed by atoms with Crippen molar-refractivity contribution in [1.82, 2.24) is 19.7 Å². The van der Waals surface area contributed by atoms with Crippen LogP contribution in [-0.2, 0) is 0 Å². The summed E-state index contributed by atoms with van der Waals surface area (Å²) in [6.45, 7) is 4.16. The molecule has 1 aliphatic heterocycles. The topological polar surface area (TPSA) is 72.3 Å². The van der Waals surface area contributed by atoms with Gasteiger partial charge in [-0.3, -0.25) is 0 Å². The average molecular weight is 329 g/mol. The summed E-state index contributed by atoms with van der Waals surface area (Å²) in [6.07, 6.45) is 6.01. The van der Waals surface area contributed by atoms with Gasteiger partial charge in [0, 0.05) is 24.8 Å². The summed E-state index contributed by atoms with van der Waals surface area (Å²) in [5.74, 6) is 0.777. The van der Waals surface area contributed by atoms with Crippen LogP contribution >= 0.6 is 0 Å². The van der Waals surface area contributed by atoms with Gasteiger partial charge in [-0.05, 0) is 31.4 Å². The van der Waals surface area contributed by atoms with E-state index in [1.807, 2.05) is 33.8 Å². The number of carbonyl (C=O) groups is 1. The minimum Gasteiger partial charge on any atom is -0.494 e. The Morgan fingerprint density at radius 3 is 2.92 bits per heavy atom. The maximum Gasteiger partial charge on any atom is 0.321 e. The SMILES string of the molecule is CCCOc1cccc(NC(=O)N2CCC(n3cncn3)CC2)c1. The third-order valence-electron chi connectivity index (χ3n) is 4.12. The zero-order valence-electron chi connectivity index (χ0n) is 13.9. The second kappa shape index (κ2) is 7.81. The van der Waals surface area contributed by atoms with E-state index in [4.69, 9.17) is 4.74 Å². The molecular formula is C17H23N5O2. The van der Waals surface area contributed by atoms with Gasteiger partial charge in [0.1, 0.15) is 18.4 Å². The number of likely N-dealkylation sites (tertiary alicyclic amines) is 1. The molecule has 0 spiro atoms. The molecule has 2 heterocycles. The first-order chi connectivity index (χ1) is 11.8. The molecule has 3 rings (SSSR count). The number of hydrogen-bond acceptors (Lipinski definition) is 4. The van der Waals surface area contributed by atoms with Gasteiger partial charge in [0.05, 0.1) is 12.6 Å². The quantitative estimate of drug-likeness (QED) is 0.915. The number of nitrogens with zero attached hydrogens (tertiary/aromatic N) is 4. The second-order valence-electron chi connectivity index (χ2n) is 5.90. The monoisotopic (exact) mass is 329 g/mol. The molecule has 1 aromatic carbocycles. The van der Waals surface area contributed by atoms with Gasteiger partial charge in [-0.1, -0.05) is 13.0 Å². The number of amides is 2. The molecule has 1 aliphatic rings. The van der Waals surface area contributed by atoms with E-state index in [-0.39, 0.29) is 6.03 Å². The fourth-order valence-electron chi connectivity index (χ4n) is 2.83. The van der Waals surface area contributed by atoms with Crippen molar-refractivity contribution in [2.75, 3.05) is 25.0 Å². The lowest BCUT2D eigenvalue weighted by molar-refractivity contribution is 0.180. The van der Waals surface area contributed by atoms with E-state index in [1.165, 1.54) is 0 Å². The highest BCUT2D eigenvalue weighted by Crippen LogP contribution is 2.22. The number of carbonyl (C=O) groups excluding carboxylic acids is 1. The van der Waals surface area contributed by atoms with Gasteiger partial charge in [0.15, 0.2) is 0 Å². The highest BCUT2D eigenvalue weighted by molar-refractivity contribution is 5.89. The van der Waals surface area contributed by atoms with E-state index in [1.54, 1.807) is 12.7 Å². The summed E-state index contributed by atoms with van der Waals surface area (Å²) in [7, 11) is 0. The molecule has 0 radical (unpaired) electrons. The molecule has 0 aliphatic carbocycles. The lowest BCUT2D eigenvalue weighted by atomic mass is 10.1. The van der Waals surface area contributed by atoms with E-state index in [0.717, 1.165) is 30.7 Å². The summed E-state index contributed by atoms with van der Waals surface area (Å²) >= 11 is 0. The Bertz CT molecular complexity index is 651. The van der Waals surface area contributed by atoms with E-state index < -0.39 is 0 Å². The predicted molar refractivity (Wildman–Crippen MR) is 91.1 cm³/mol. The Hall–Kier alpha value is -2.57. The minimum absolute atomic E-state index is 0.0697. The van der Waals surface area contributed by atoms with Crippen molar-refractivity contribution in [2.45, 2.75) is 32.2 Å². The van der Waals surface area contributed by atoms with Gasteiger partial charge >= 0.3 is 6.03 Å². The van der Waals surface area contributed by atoms with Crippen molar-refractivity contribution in [1.29, 1.82) is 0 Å². The van der Waals surface area contributed by atoms with Crippen LogP contribution in [-0.4, -0.2) is 45.4 Å². The zero-order chi connectivity index (χ0) is 16.8. The zero-order valence-corrected chi connectivity index (χ0v) is 13.9. The van der Waals surface area contributed by atoms with E-state index >= 15 is 0 Å². The molecule has 0 unspecified atom stereocenters. The molecule has 0 bridgehead atoms. The van der Waals surface area contributed by atoms with Crippen molar-refractivity contribution in [2.24, 2.45) is 0 Å². The van der Waals surface area contributed by atoms with Crippen LogP contribution in [0.4, 0.5) is 10.5 Å². The lowest BCUT2D eigenvalue weighted by Gasteiger charge is -2.31. The van der Waals surface area contributed by atoms with Crippen LogP contribution in [0.1, 0.15) is 32.2 Å². The number of aromatic nitrogens is 3. The minimum atomic E-state index is -0.0697. The van der Waals surface area contributed by atoms with Crippen molar-refractivity contribution in [3.63, 3.8) is 0 Å². The molecule has 2 amide bonds. The number of piperidine rings is 1. The largest absolute Gasteiger partial charge is 0.494 e. The molecule has 24 heavy (non-hydrogen) atoms. The van der Waals surface area contributed by atoms with E-state index in [9.17, 15) is 4.79 Å². The second-order valence-corrected chi connectivity index (χ2v) is 5.90. The summed E-state index contributed by atoms with van der Waals surface area (Å²) < 4.78 is 7.48. The molecule has 2 aromatic rings. The third-order valence-corrected chi connectivity index (χ3v) is 4.12. The maximum absolute atomic E-state index is 12.4. The molecule has 7 nitrogen and oxygen atoms in total. The van der Waals surface area contributed by atoms with Gasteiger partial charge in [0.2, 0.25) is 0 Å². The molecule has 0 saturated carbocycles. The number of urea groups is 1. The predicted octanol–water partition coefficient (Wildman–Crippen LogP) is 2.94. The molecule has 1 aromatic heterocycles. The lowest BCUT2D eigenvalue weighted by Crippen LogP contribution is -2.41. The number of anilines is 1. The van der Waals surface area contributed by atoms with E-state index in [2.05, 4.69) is 22.3 Å². The van der Waals surface area contributed by atoms with Crippen molar-refractivity contribution >= 4 is 11.7 Å². The molecule has 1 N–H and O–H groups in total. The highest BCUT2D eigenvalue weighted by atomic mass is 16.5. The first-order valence-corrected chi connectivity index (χ1v) is 8.39. The Morgan fingerprint density at radius 1 is 1.38 bits per heavy atom. The average Bonchev–Trinajstić information content (AvgIpc) is 3.15. The summed E-state index contributed by atoms with van der Waals surface area (Å²) in [5.41, 5.74) is 0.756. The number of nitrogens with one attached hydrogen (secondary N) is 1. The van der Waals surface area contributed by atoms with Crippen LogP contribution in [0.5, 0.6) is 5.75 Å². The smallest absolute Gasteiger partial charge is 0.321 e. The van der Waals surface area contributed by atoms with Gasteiger partial charge in [-0.25, -0.2) is 14.5 Å². The molecule has 0 atom stereocenters. The number of ether oxygens (including phenoxy) is 1. The van der Waals surface area contributed by atoms with E-state index in [0.29, 0.717) is 25.7 Å². The molecule has 1 saturated heterocycles. The van der Waals surface area contributed by atoms with Crippen LogP contribution in [0, 0.1) is 0 Å². The molecule has 128 valence electrons. The van der Waals surface area contributed by atoms with Crippen LogP contribution in [0.25, 0.3) is 0 Å². The van der Waals surface area contributed by atoms with Gasteiger partial charge in [-0.15, -0.1) is 0 Å². The Kier molecular flexibility index (Phi) is 5.30. The maximum atomic E-state index is 12.4. The van der Waals surface area contributed by atoms with Crippen molar-refractivity contribution in [3.8, 4) is 5.75 Å². The Morgan fingerprint density at radius 2 is 2.21 bits per heavy atom. The van der Waals surface area contributed by atoms with Crippen LogP contribution < -0.4 is 10.1 Å². The summed E-state index contributed by atoms with van der Waals surface area (Å²) in [4.78, 5) is 18.2. The Labute approximate surface area is 141 Å². The summed E-state index contributed by atoms with van der Waals surface area (Å²) in [6, 6.07) is 7.77. The highest BCUT2D eigenvalue weighted by Gasteiger charge is 2.24. The first kappa shape index (κ1) is 16.3. The first-order valence-electron chi connectivity index (χ1n) is 8.39. The van der Waals surface area contributed by atoms with Crippen molar-refractivity contribution < 1.29 is 9.53 Å². The number of benzene rings is 1. The van der Waals surface area contributed by atoms with Gasteiger partial charge in [0.25, 0.3) is 0 Å². The van der Waals surface area contributed by atoms with Crippen molar-refractivity contribution in [3.05, 3.63) is 36.9 Å². The summed E-state index contributed by atoms with van der Waals surface area (Å²) in [5, 5.41) is 7.13. The van der Waals surface area contributed by atoms with Gasteiger partial charge in [-0.2, -0.15) is 5.10 Å². The Balaban J connectivity index is 1.52.